The highest BCUT2D eigenvalue weighted by Crippen LogP contribution is 2.40. The van der Waals surface area contributed by atoms with Gasteiger partial charge in [-0.25, -0.2) is 0 Å². The van der Waals surface area contributed by atoms with Crippen LogP contribution in [0.15, 0.2) is 35.2 Å². The summed E-state index contributed by atoms with van der Waals surface area (Å²) in [5, 5.41) is 0. The quantitative estimate of drug-likeness (QED) is 0.717. The van der Waals surface area contributed by atoms with Crippen LogP contribution >= 0.6 is 11.8 Å². The lowest BCUT2D eigenvalue weighted by atomic mass is 10.0. The number of rotatable bonds is 2. The van der Waals surface area contributed by atoms with Gasteiger partial charge >= 0.3 is 0 Å². The van der Waals surface area contributed by atoms with Crippen molar-refractivity contribution in [1.82, 2.24) is 0 Å². The van der Waals surface area contributed by atoms with Gasteiger partial charge in [0.2, 0.25) is 0 Å². The number of thioether (sulfide) groups is 1. The first-order valence-electron chi connectivity index (χ1n) is 5.98. The fourth-order valence-electron chi connectivity index (χ4n) is 2.19. The monoisotopic (exact) mass is 234 g/mol. The zero-order chi connectivity index (χ0) is 11.4. The predicted molar refractivity (Wildman–Crippen MR) is 68.8 cm³/mol. The van der Waals surface area contributed by atoms with Crippen molar-refractivity contribution in [2.45, 2.75) is 48.7 Å². The molecule has 1 aromatic carbocycles. The van der Waals surface area contributed by atoms with Gasteiger partial charge in [0.05, 0.1) is 4.75 Å². The molecule has 0 saturated heterocycles. The Morgan fingerprint density at radius 1 is 1.12 bits per heavy atom. The van der Waals surface area contributed by atoms with E-state index < -0.39 is 0 Å². The largest absolute Gasteiger partial charge is 0.298 e. The topological polar surface area (TPSA) is 17.1 Å². The van der Waals surface area contributed by atoms with Crippen molar-refractivity contribution in [2.75, 3.05) is 0 Å². The maximum atomic E-state index is 12.1. The summed E-state index contributed by atoms with van der Waals surface area (Å²) in [6.07, 6.45) is 5.24. The Bertz CT molecular complexity index is 360. The molecule has 86 valence electrons. The Balaban J connectivity index is 2.14. The third-order valence-corrected chi connectivity index (χ3v) is 4.62. The minimum atomic E-state index is -0.197. The van der Waals surface area contributed by atoms with Crippen molar-refractivity contribution in [3.05, 3.63) is 30.3 Å². The molecule has 2 rings (SSSR count). The molecule has 0 spiro atoms. The molecule has 16 heavy (non-hydrogen) atoms. The van der Waals surface area contributed by atoms with Crippen LogP contribution in [0.4, 0.5) is 0 Å². The zero-order valence-corrected chi connectivity index (χ0v) is 10.6. The Hall–Kier alpha value is -0.760. The molecule has 0 amide bonds. The Morgan fingerprint density at radius 2 is 1.88 bits per heavy atom. The molecule has 1 saturated carbocycles. The molecule has 0 heterocycles. The molecule has 1 aromatic rings. The van der Waals surface area contributed by atoms with Crippen molar-refractivity contribution in [3.8, 4) is 0 Å². The van der Waals surface area contributed by atoms with E-state index in [1.807, 2.05) is 18.2 Å². The highest BCUT2D eigenvalue weighted by Gasteiger charge is 2.34. The maximum absolute atomic E-state index is 12.1. The lowest BCUT2D eigenvalue weighted by molar-refractivity contribution is -0.120. The number of carbonyl (C=O) groups excluding carboxylic acids is 1. The highest BCUT2D eigenvalue weighted by molar-refractivity contribution is 8.01. The van der Waals surface area contributed by atoms with Crippen LogP contribution in [0.2, 0.25) is 0 Å². The summed E-state index contributed by atoms with van der Waals surface area (Å²) < 4.78 is -0.197. The summed E-state index contributed by atoms with van der Waals surface area (Å²) >= 11 is 1.74. The summed E-state index contributed by atoms with van der Waals surface area (Å²) in [7, 11) is 0. The molecule has 1 aliphatic carbocycles. The second-order valence-electron chi connectivity index (χ2n) is 4.63. The van der Waals surface area contributed by atoms with Crippen LogP contribution in [0.1, 0.15) is 39.0 Å². The molecule has 0 radical (unpaired) electrons. The summed E-state index contributed by atoms with van der Waals surface area (Å²) in [6, 6.07) is 10.3. The molecule has 1 nitrogen and oxygen atoms in total. The van der Waals surface area contributed by atoms with E-state index in [0.717, 1.165) is 19.3 Å². The second-order valence-corrected chi connectivity index (χ2v) is 6.21. The molecule has 1 fully saturated rings. The number of carbonyl (C=O) groups is 1. The Morgan fingerprint density at radius 3 is 2.62 bits per heavy atom. The molecular weight excluding hydrogens is 216 g/mol. The van der Waals surface area contributed by atoms with Crippen LogP contribution in [0.3, 0.4) is 0 Å². The van der Waals surface area contributed by atoms with E-state index in [2.05, 4.69) is 19.1 Å². The van der Waals surface area contributed by atoms with Gasteiger partial charge in [-0.3, -0.25) is 4.79 Å². The van der Waals surface area contributed by atoms with Gasteiger partial charge in [0.15, 0.2) is 0 Å². The van der Waals surface area contributed by atoms with Gasteiger partial charge in [-0.05, 0) is 31.9 Å². The lowest BCUT2D eigenvalue weighted by Gasteiger charge is -2.25. The van der Waals surface area contributed by atoms with E-state index >= 15 is 0 Å². The van der Waals surface area contributed by atoms with Gasteiger partial charge in [-0.1, -0.05) is 31.0 Å². The molecule has 0 bridgehead atoms. The average molecular weight is 234 g/mol. The van der Waals surface area contributed by atoms with Gasteiger partial charge in [-0.15, -0.1) is 11.8 Å². The van der Waals surface area contributed by atoms with Gasteiger partial charge in [-0.2, -0.15) is 0 Å². The van der Waals surface area contributed by atoms with E-state index in [1.165, 1.54) is 17.7 Å². The van der Waals surface area contributed by atoms with E-state index in [9.17, 15) is 4.79 Å². The summed E-state index contributed by atoms with van der Waals surface area (Å²) in [5.74, 6) is 0.429. The van der Waals surface area contributed by atoms with Crippen molar-refractivity contribution < 1.29 is 4.79 Å². The van der Waals surface area contributed by atoms with Crippen LogP contribution in [-0.4, -0.2) is 10.5 Å². The first-order valence-corrected chi connectivity index (χ1v) is 6.80. The molecule has 0 aliphatic heterocycles. The molecule has 1 unspecified atom stereocenters. The van der Waals surface area contributed by atoms with Crippen LogP contribution in [0, 0.1) is 0 Å². The Labute approximate surface area is 102 Å². The zero-order valence-electron chi connectivity index (χ0n) is 9.74. The second kappa shape index (κ2) is 5.05. The first kappa shape index (κ1) is 11.7. The smallest absolute Gasteiger partial charge is 0.148 e. The van der Waals surface area contributed by atoms with E-state index in [-0.39, 0.29) is 4.75 Å². The van der Waals surface area contributed by atoms with Crippen LogP contribution in [0.5, 0.6) is 0 Å². The normalized spacial score (nSPS) is 26.4. The van der Waals surface area contributed by atoms with E-state index in [4.69, 9.17) is 0 Å². The highest BCUT2D eigenvalue weighted by atomic mass is 32.2. The van der Waals surface area contributed by atoms with E-state index in [1.54, 1.807) is 11.8 Å². The Kier molecular flexibility index (Phi) is 3.70. The van der Waals surface area contributed by atoms with Gasteiger partial charge < -0.3 is 0 Å². The number of Topliss-reactive ketones (excluding diaryl/α,β-unsaturated/α-hetero) is 1. The predicted octanol–water partition coefficient (Wildman–Crippen LogP) is 4.07. The molecule has 1 atom stereocenters. The molecule has 0 N–H and O–H groups in total. The number of benzene rings is 1. The maximum Gasteiger partial charge on any atom is 0.148 e. The van der Waals surface area contributed by atoms with Gasteiger partial charge in [0, 0.05) is 11.3 Å². The van der Waals surface area contributed by atoms with Crippen molar-refractivity contribution in [3.63, 3.8) is 0 Å². The average Bonchev–Trinajstić information content (AvgIpc) is 2.44. The summed E-state index contributed by atoms with van der Waals surface area (Å²) in [6.45, 7) is 2.11. The minimum Gasteiger partial charge on any atom is -0.298 e. The first-order chi connectivity index (χ1) is 7.71. The molecular formula is C14H18OS. The van der Waals surface area contributed by atoms with Crippen molar-refractivity contribution in [1.29, 1.82) is 0 Å². The summed E-state index contributed by atoms with van der Waals surface area (Å²) in [4.78, 5) is 13.3. The van der Waals surface area contributed by atoms with Crippen LogP contribution in [0.25, 0.3) is 0 Å². The van der Waals surface area contributed by atoms with E-state index in [0.29, 0.717) is 5.78 Å². The van der Waals surface area contributed by atoms with Gasteiger partial charge in [0.1, 0.15) is 5.78 Å². The van der Waals surface area contributed by atoms with Crippen molar-refractivity contribution in [2.24, 2.45) is 0 Å². The van der Waals surface area contributed by atoms with Crippen LogP contribution < -0.4 is 0 Å². The summed E-state index contributed by atoms with van der Waals surface area (Å²) in [5.41, 5.74) is 0. The lowest BCUT2D eigenvalue weighted by Crippen LogP contribution is -2.30. The molecule has 2 heteroatoms. The molecule has 0 aromatic heterocycles. The number of hydrogen-bond acceptors (Lipinski definition) is 2. The van der Waals surface area contributed by atoms with Crippen molar-refractivity contribution >= 4 is 17.5 Å². The molecule has 1 aliphatic rings. The number of ketones is 1. The minimum absolute atomic E-state index is 0.197. The fourth-order valence-corrected chi connectivity index (χ4v) is 3.46. The SMILES string of the molecule is CC1(Sc2ccccc2)CCCCCC1=O. The number of hydrogen-bond donors (Lipinski definition) is 0. The fraction of sp³-hybridized carbons (Fsp3) is 0.500. The van der Waals surface area contributed by atoms with Crippen LogP contribution in [-0.2, 0) is 4.79 Å². The third-order valence-electron chi connectivity index (χ3n) is 3.23. The third kappa shape index (κ3) is 2.67. The van der Waals surface area contributed by atoms with Gasteiger partial charge in [0.25, 0.3) is 0 Å². The standard InChI is InChI=1S/C14H18OS/c1-14(11-7-3-6-10-13(14)15)16-12-8-4-2-5-9-12/h2,4-5,8-9H,3,6-7,10-11H2,1H3.